The summed E-state index contributed by atoms with van der Waals surface area (Å²) < 4.78 is 16.0. The lowest BCUT2D eigenvalue weighted by Gasteiger charge is -2.29. The lowest BCUT2D eigenvalue weighted by Crippen LogP contribution is -2.46. The Kier molecular flexibility index (Phi) is 8.67. The van der Waals surface area contributed by atoms with Crippen LogP contribution in [0.4, 0.5) is 4.79 Å². The molecule has 0 fully saturated rings. The maximum absolute atomic E-state index is 12.7. The van der Waals surface area contributed by atoms with E-state index in [4.69, 9.17) is 14.2 Å². The molecule has 0 aliphatic rings. The molecule has 0 aromatic heterocycles. The molecule has 0 radical (unpaired) electrons. The van der Waals surface area contributed by atoms with Crippen LogP contribution in [0.3, 0.4) is 0 Å². The van der Waals surface area contributed by atoms with Gasteiger partial charge in [0.25, 0.3) is 0 Å². The third kappa shape index (κ3) is 9.96. The molecule has 0 aliphatic carbocycles. The first-order valence-corrected chi connectivity index (χ1v) is 9.67. The highest BCUT2D eigenvalue weighted by atomic mass is 16.6. The predicted molar refractivity (Wildman–Crippen MR) is 109 cm³/mol. The second-order valence-corrected chi connectivity index (χ2v) is 8.83. The van der Waals surface area contributed by atoms with Gasteiger partial charge in [0.1, 0.15) is 23.9 Å². The van der Waals surface area contributed by atoms with Crippen LogP contribution in [-0.4, -0.2) is 47.2 Å². The molecule has 0 heterocycles. The third-order valence-electron chi connectivity index (χ3n) is 3.68. The number of amides is 1. The number of ether oxygens (including phenoxy) is 3. The monoisotopic (exact) mass is 407 g/mol. The molecular formula is C22H33NO6. The fourth-order valence-corrected chi connectivity index (χ4v) is 2.43. The molecule has 162 valence electrons. The molecule has 1 atom stereocenters. The van der Waals surface area contributed by atoms with Gasteiger partial charge in [0.2, 0.25) is 0 Å². The summed E-state index contributed by atoms with van der Waals surface area (Å²) >= 11 is 0. The second kappa shape index (κ2) is 10.3. The molecule has 0 aliphatic heterocycles. The minimum atomic E-state index is -0.968. The van der Waals surface area contributed by atoms with Gasteiger partial charge in [0, 0.05) is 13.5 Å². The van der Waals surface area contributed by atoms with E-state index in [1.54, 1.807) is 41.5 Å². The smallest absolute Gasteiger partial charge is 0.410 e. The standard InChI is InChI=1S/C22H33NO6/c1-21(2,3)28-18(24)14-13-17(19(25)29-22(4,5)6)23(7)20(26)27-15-16-11-9-8-10-12-16/h8-12,17H,13-15H2,1-7H3/t17-/m0/s1. The summed E-state index contributed by atoms with van der Waals surface area (Å²) in [6.45, 7) is 10.6. The molecule has 0 unspecified atom stereocenters. The van der Waals surface area contributed by atoms with Gasteiger partial charge in [0.05, 0.1) is 0 Å². The van der Waals surface area contributed by atoms with Crippen molar-refractivity contribution in [2.45, 2.75) is 78.2 Å². The van der Waals surface area contributed by atoms with Gasteiger partial charge >= 0.3 is 18.0 Å². The third-order valence-corrected chi connectivity index (χ3v) is 3.68. The molecule has 0 saturated carbocycles. The Morgan fingerprint density at radius 2 is 1.48 bits per heavy atom. The SMILES string of the molecule is CN(C(=O)OCc1ccccc1)[C@@H](CCC(=O)OC(C)(C)C)C(=O)OC(C)(C)C. The molecule has 1 amide bonds. The van der Waals surface area contributed by atoms with E-state index < -0.39 is 35.3 Å². The zero-order valence-electron chi connectivity index (χ0n) is 18.5. The second-order valence-electron chi connectivity index (χ2n) is 8.83. The summed E-state index contributed by atoms with van der Waals surface area (Å²) in [5.41, 5.74) is -0.522. The molecule has 29 heavy (non-hydrogen) atoms. The highest BCUT2D eigenvalue weighted by molar-refractivity contribution is 5.82. The fourth-order valence-electron chi connectivity index (χ4n) is 2.43. The molecule has 7 nitrogen and oxygen atoms in total. The molecular weight excluding hydrogens is 374 g/mol. The molecule has 0 spiro atoms. The van der Waals surface area contributed by atoms with Crippen molar-refractivity contribution in [1.82, 2.24) is 4.90 Å². The fraction of sp³-hybridized carbons (Fsp3) is 0.591. The summed E-state index contributed by atoms with van der Waals surface area (Å²) in [5.74, 6) is -1.04. The van der Waals surface area contributed by atoms with Gasteiger partial charge in [-0.05, 0) is 53.5 Å². The Labute approximate surface area is 173 Å². The topological polar surface area (TPSA) is 82.1 Å². The van der Waals surface area contributed by atoms with Crippen molar-refractivity contribution >= 4 is 18.0 Å². The summed E-state index contributed by atoms with van der Waals surface area (Å²) in [6.07, 6.45) is -0.632. The average Bonchev–Trinajstić information content (AvgIpc) is 2.57. The first-order valence-electron chi connectivity index (χ1n) is 9.67. The van der Waals surface area contributed by atoms with Gasteiger partial charge in [0.15, 0.2) is 0 Å². The number of carbonyl (C=O) groups excluding carboxylic acids is 3. The van der Waals surface area contributed by atoms with E-state index in [2.05, 4.69) is 0 Å². The zero-order valence-corrected chi connectivity index (χ0v) is 18.5. The Bertz CT molecular complexity index is 687. The summed E-state index contributed by atoms with van der Waals surface area (Å²) in [4.78, 5) is 38.4. The van der Waals surface area contributed by atoms with Gasteiger partial charge in [-0.3, -0.25) is 9.69 Å². The van der Waals surface area contributed by atoms with Crippen molar-refractivity contribution in [3.8, 4) is 0 Å². The highest BCUT2D eigenvalue weighted by Crippen LogP contribution is 2.17. The zero-order chi connectivity index (χ0) is 22.2. The maximum Gasteiger partial charge on any atom is 0.410 e. The van der Waals surface area contributed by atoms with E-state index >= 15 is 0 Å². The largest absolute Gasteiger partial charge is 0.460 e. The number of nitrogens with zero attached hydrogens (tertiary/aromatic N) is 1. The van der Waals surface area contributed by atoms with Crippen molar-refractivity contribution < 1.29 is 28.6 Å². The lowest BCUT2D eigenvalue weighted by atomic mass is 10.1. The summed E-state index contributed by atoms with van der Waals surface area (Å²) in [5, 5.41) is 0. The Morgan fingerprint density at radius 3 is 2.00 bits per heavy atom. The Hall–Kier alpha value is -2.57. The van der Waals surface area contributed by atoms with Gasteiger partial charge in [-0.25, -0.2) is 9.59 Å². The number of likely N-dealkylation sites (N-methyl/N-ethyl adjacent to an activating group) is 1. The van der Waals surface area contributed by atoms with E-state index in [-0.39, 0.29) is 19.4 Å². The molecule has 0 N–H and O–H groups in total. The van der Waals surface area contributed by atoms with Crippen molar-refractivity contribution in [3.05, 3.63) is 35.9 Å². The van der Waals surface area contributed by atoms with E-state index in [0.29, 0.717) is 0 Å². The van der Waals surface area contributed by atoms with E-state index in [9.17, 15) is 14.4 Å². The maximum atomic E-state index is 12.7. The van der Waals surface area contributed by atoms with Crippen LogP contribution in [0.5, 0.6) is 0 Å². The van der Waals surface area contributed by atoms with Crippen molar-refractivity contribution in [3.63, 3.8) is 0 Å². The average molecular weight is 408 g/mol. The number of carbonyl (C=O) groups is 3. The molecule has 1 aromatic rings. The van der Waals surface area contributed by atoms with Crippen LogP contribution in [0.15, 0.2) is 30.3 Å². The summed E-state index contributed by atoms with van der Waals surface area (Å²) in [6, 6.07) is 8.26. The van der Waals surface area contributed by atoms with Crippen LogP contribution in [0.1, 0.15) is 59.9 Å². The van der Waals surface area contributed by atoms with Crippen molar-refractivity contribution in [2.24, 2.45) is 0 Å². The van der Waals surface area contributed by atoms with E-state index in [0.717, 1.165) is 5.56 Å². The van der Waals surface area contributed by atoms with E-state index in [1.807, 2.05) is 30.3 Å². The van der Waals surface area contributed by atoms with Crippen LogP contribution in [0.25, 0.3) is 0 Å². The molecule has 0 bridgehead atoms. The van der Waals surface area contributed by atoms with Crippen molar-refractivity contribution in [2.75, 3.05) is 7.05 Å². The minimum absolute atomic E-state index is 0.0303. The number of rotatable bonds is 7. The quantitative estimate of drug-likeness (QED) is 0.500. The number of esters is 2. The lowest BCUT2D eigenvalue weighted by molar-refractivity contribution is -0.161. The Balaban J connectivity index is 2.80. The van der Waals surface area contributed by atoms with Gasteiger partial charge in [-0.15, -0.1) is 0 Å². The normalized spacial score (nSPS) is 12.7. The molecule has 7 heteroatoms. The van der Waals surface area contributed by atoms with Crippen LogP contribution < -0.4 is 0 Å². The van der Waals surface area contributed by atoms with Gasteiger partial charge < -0.3 is 14.2 Å². The van der Waals surface area contributed by atoms with Crippen LogP contribution in [0.2, 0.25) is 0 Å². The van der Waals surface area contributed by atoms with Crippen LogP contribution in [-0.2, 0) is 30.4 Å². The Morgan fingerprint density at radius 1 is 0.931 bits per heavy atom. The first-order chi connectivity index (χ1) is 13.3. The van der Waals surface area contributed by atoms with Gasteiger partial charge in [-0.2, -0.15) is 0 Å². The summed E-state index contributed by atoms with van der Waals surface area (Å²) in [7, 11) is 1.46. The van der Waals surface area contributed by atoms with Crippen LogP contribution >= 0.6 is 0 Å². The first kappa shape index (κ1) is 24.5. The van der Waals surface area contributed by atoms with Crippen molar-refractivity contribution in [1.29, 1.82) is 0 Å². The van der Waals surface area contributed by atoms with Crippen LogP contribution in [0, 0.1) is 0 Å². The van der Waals surface area contributed by atoms with Gasteiger partial charge in [-0.1, -0.05) is 30.3 Å². The minimum Gasteiger partial charge on any atom is -0.460 e. The number of benzene rings is 1. The number of hydrogen-bond donors (Lipinski definition) is 0. The van der Waals surface area contributed by atoms with E-state index in [1.165, 1.54) is 11.9 Å². The molecule has 0 saturated heterocycles. The number of hydrogen-bond acceptors (Lipinski definition) is 6. The molecule has 1 aromatic carbocycles. The molecule has 1 rings (SSSR count). The predicted octanol–water partition coefficient (Wildman–Crippen LogP) is 4.09. The highest BCUT2D eigenvalue weighted by Gasteiger charge is 2.33.